The number of aliphatic hydroxyl groups is 1. The summed E-state index contributed by atoms with van der Waals surface area (Å²) in [5, 5.41) is 17.3. The van der Waals surface area contributed by atoms with Crippen LogP contribution in [0.25, 0.3) is 0 Å². The number of nitrogens with zero attached hydrogens (tertiary/aromatic N) is 1. The molecule has 2 aromatic carbocycles. The molecule has 2 nitrogen and oxygen atoms in total. The van der Waals surface area contributed by atoms with Gasteiger partial charge in [-0.05, 0) is 30.9 Å². The Bertz CT molecular complexity index is 608. The van der Waals surface area contributed by atoms with Crippen molar-refractivity contribution < 1.29 is 5.11 Å². The second kappa shape index (κ2) is 6.59. The topological polar surface area (TPSA) is 34.3 Å². The van der Waals surface area contributed by atoms with Crippen LogP contribution >= 0.6 is 23.2 Å². The first-order valence-electron chi connectivity index (χ1n) is 7.49. The van der Waals surface area contributed by atoms with Crippen molar-refractivity contribution in [1.29, 1.82) is 0 Å². The Labute approximate surface area is 141 Å². The number of hydrogen-bond donors (Lipinski definition) is 1. The molecule has 2 aromatic rings. The van der Waals surface area contributed by atoms with E-state index in [2.05, 4.69) is 5.32 Å². The van der Waals surface area contributed by atoms with Gasteiger partial charge in [-0.1, -0.05) is 59.6 Å². The predicted octanol–water partition coefficient (Wildman–Crippen LogP) is 4.24. The maximum absolute atomic E-state index is 11.7. The summed E-state index contributed by atoms with van der Waals surface area (Å²) < 4.78 is 0. The van der Waals surface area contributed by atoms with Crippen molar-refractivity contribution >= 4 is 23.2 Å². The van der Waals surface area contributed by atoms with Gasteiger partial charge in [0, 0.05) is 34.3 Å². The average Bonchev–Trinajstić information content (AvgIpc) is 2.56. The van der Waals surface area contributed by atoms with Gasteiger partial charge in [-0.3, -0.25) is 0 Å². The molecule has 0 aliphatic carbocycles. The second-order valence-electron chi connectivity index (χ2n) is 5.67. The molecule has 1 heterocycles. The van der Waals surface area contributed by atoms with Crippen LogP contribution < -0.4 is 5.32 Å². The first-order chi connectivity index (χ1) is 10.6. The number of halogens is 2. The molecule has 0 unspecified atom stereocenters. The van der Waals surface area contributed by atoms with Gasteiger partial charge >= 0.3 is 0 Å². The van der Waals surface area contributed by atoms with E-state index in [1.165, 1.54) is 0 Å². The Kier molecular flexibility index (Phi) is 4.74. The van der Waals surface area contributed by atoms with Gasteiger partial charge in [-0.2, -0.15) is 0 Å². The molecule has 1 N–H and O–H groups in total. The van der Waals surface area contributed by atoms with Crippen LogP contribution in [0.4, 0.5) is 0 Å². The number of piperidine rings is 1. The summed E-state index contributed by atoms with van der Waals surface area (Å²) in [6.45, 7) is 1.53. The third kappa shape index (κ3) is 2.77. The summed E-state index contributed by atoms with van der Waals surface area (Å²) in [5.74, 6) is 0.0461. The third-order valence-electron chi connectivity index (χ3n) is 4.43. The van der Waals surface area contributed by atoms with E-state index in [0.29, 0.717) is 10.0 Å². The fourth-order valence-corrected chi connectivity index (χ4v) is 3.85. The normalized spacial score (nSPS) is 16.7. The number of rotatable bonds is 3. The fraction of sp³-hybridized carbons (Fsp3) is 0.333. The molecule has 0 atom stereocenters. The Morgan fingerprint density at radius 1 is 0.864 bits per heavy atom. The minimum Gasteiger partial charge on any atom is -0.380 e. The summed E-state index contributed by atoms with van der Waals surface area (Å²) in [6.07, 6.45) is 1.65. The Morgan fingerprint density at radius 3 is 1.77 bits per heavy atom. The molecule has 0 saturated carbocycles. The van der Waals surface area contributed by atoms with Crippen molar-refractivity contribution in [3.8, 4) is 0 Å². The van der Waals surface area contributed by atoms with E-state index in [1.807, 2.05) is 48.5 Å². The van der Waals surface area contributed by atoms with Gasteiger partial charge in [0.15, 0.2) is 0 Å². The SMILES string of the molecule is OC(c1ccccc1Cl)(c1ccccc1Cl)C1CC[N]CC1. The summed E-state index contributed by atoms with van der Waals surface area (Å²) in [5.41, 5.74) is 0.250. The highest BCUT2D eigenvalue weighted by atomic mass is 35.5. The van der Waals surface area contributed by atoms with Crippen molar-refractivity contribution in [2.24, 2.45) is 5.92 Å². The standard InChI is InChI=1S/C18H18Cl2NO/c19-16-7-3-1-5-14(16)18(22,13-9-11-21-12-10-13)15-6-2-4-8-17(15)20/h1-8,13,22H,9-12H2. The van der Waals surface area contributed by atoms with Crippen LogP contribution in [0.2, 0.25) is 10.0 Å². The molecule has 1 radical (unpaired) electrons. The zero-order valence-corrected chi connectivity index (χ0v) is 13.7. The first kappa shape index (κ1) is 15.8. The molecular weight excluding hydrogens is 317 g/mol. The number of hydrogen-bond acceptors (Lipinski definition) is 1. The van der Waals surface area contributed by atoms with E-state index in [0.717, 1.165) is 37.1 Å². The molecule has 0 aromatic heterocycles. The third-order valence-corrected chi connectivity index (χ3v) is 5.09. The van der Waals surface area contributed by atoms with Gasteiger partial charge in [-0.15, -0.1) is 0 Å². The molecule has 1 aliphatic rings. The lowest BCUT2D eigenvalue weighted by atomic mass is 9.72. The van der Waals surface area contributed by atoms with Gasteiger partial charge in [-0.25, -0.2) is 5.32 Å². The van der Waals surface area contributed by atoms with Crippen molar-refractivity contribution in [3.63, 3.8) is 0 Å². The summed E-state index contributed by atoms with van der Waals surface area (Å²) in [6, 6.07) is 14.9. The molecule has 1 aliphatic heterocycles. The minimum atomic E-state index is -1.19. The lowest BCUT2D eigenvalue weighted by Crippen LogP contribution is -2.41. The van der Waals surface area contributed by atoms with Crippen LogP contribution in [0.1, 0.15) is 24.0 Å². The smallest absolute Gasteiger partial charge is 0.120 e. The number of benzene rings is 2. The van der Waals surface area contributed by atoms with Gasteiger partial charge in [0.2, 0.25) is 0 Å². The van der Waals surface area contributed by atoms with Crippen LogP contribution in [-0.2, 0) is 5.60 Å². The van der Waals surface area contributed by atoms with Crippen LogP contribution in [0, 0.1) is 5.92 Å². The molecule has 22 heavy (non-hydrogen) atoms. The van der Waals surface area contributed by atoms with Crippen molar-refractivity contribution in [1.82, 2.24) is 5.32 Å². The largest absolute Gasteiger partial charge is 0.380 e. The van der Waals surface area contributed by atoms with Crippen molar-refractivity contribution in [3.05, 3.63) is 69.7 Å². The minimum absolute atomic E-state index is 0.0461. The molecule has 1 saturated heterocycles. The first-order valence-corrected chi connectivity index (χ1v) is 8.25. The maximum atomic E-state index is 11.7. The van der Waals surface area contributed by atoms with Gasteiger partial charge in [0.05, 0.1) is 0 Å². The average molecular weight is 335 g/mol. The highest BCUT2D eigenvalue weighted by molar-refractivity contribution is 6.32. The van der Waals surface area contributed by atoms with E-state index >= 15 is 0 Å². The zero-order valence-electron chi connectivity index (χ0n) is 12.2. The van der Waals surface area contributed by atoms with Gasteiger partial charge < -0.3 is 5.11 Å². The molecule has 1 fully saturated rings. The van der Waals surface area contributed by atoms with Crippen LogP contribution in [0.3, 0.4) is 0 Å². The Morgan fingerprint density at radius 2 is 1.32 bits per heavy atom. The Balaban J connectivity index is 2.18. The van der Waals surface area contributed by atoms with E-state index in [-0.39, 0.29) is 5.92 Å². The molecule has 115 valence electrons. The lowest BCUT2D eigenvalue weighted by molar-refractivity contribution is 0.00217. The monoisotopic (exact) mass is 334 g/mol. The zero-order chi connectivity index (χ0) is 15.6. The molecule has 4 heteroatoms. The molecule has 0 amide bonds. The summed E-state index contributed by atoms with van der Waals surface area (Å²) in [4.78, 5) is 0. The Hall–Kier alpha value is -1.06. The van der Waals surface area contributed by atoms with Gasteiger partial charge in [0.25, 0.3) is 0 Å². The molecular formula is C18H18Cl2NO. The van der Waals surface area contributed by atoms with Crippen LogP contribution in [0.5, 0.6) is 0 Å². The lowest BCUT2D eigenvalue weighted by Gasteiger charge is -2.40. The summed E-state index contributed by atoms with van der Waals surface area (Å²) >= 11 is 12.8. The fourth-order valence-electron chi connectivity index (χ4n) is 3.29. The maximum Gasteiger partial charge on any atom is 0.120 e. The second-order valence-corrected chi connectivity index (χ2v) is 6.49. The predicted molar refractivity (Wildman–Crippen MR) is 90.5 cm³/mol. The molecule has 3 rings (SSSR count). The van der Waals surface area contributed by atoms with Crippen LogP contribution in [0.15, 0.2) is 48.5 Å². The van der Waals surface area contributed by atoms with E-state index < -0.39 is 5.60 Å². The van der Waals surface area contributed by atoms with Crippen molar-refractivity contribution in [2.45, 2.75) is 18.4 Å². The molecule has 0 spiro atoms. The highest BCUT2D eigenvalue weighted by Crippen LogP contribution is 2.45. The van der Waals surface area contributed by atoms with Crippen molar-refractivity contribution in [2.75, 3.05) is 13.1 Å². The summed E-state index contributed by atoms with van der Waals surface area (Å²) in [7, 11) is 0. The van der Waals surface area contributed by atoms with Gasteiger partial charge in [0.1, 0.15) is 5.60 Å². The van der Waals surface area contributed by atoms with E-state index in [1.54, 1.807) is 0 Å². The van der Waals surface area contributed by atoms with Crippen LogP contribution in [-0.4, -0.2) is 18.2 Å². The van der Waals surface area contributed by atoms with E-state index in [9.17, 15) is 5.11 Å². The quantitative estimate of drug-likeness (QED) is 0.894. The molecule has 0 bridgehead atoms. The highest BCUT2D eigenvalue weighted by Gasteiger charge is 2.43. The van der Waals surface area contributed by atoms with E-state index in [4.69, 9.17) is 23.2 Å².